The van der Waals surface area contributed by atoms with Gasteiger partial charge in [-0.25, -0.2) is 4.79 Å². The first-order valence-electron chi connectivity index (χ1n) is 8.83. The first-order chi connectivity index (χ1) is 11.7. The van der Waals surface area contributed by atoms with E-state index in [9.17, 15) is 9.59 Å². The zero-order valence-corrected chi connectivity index (χ0v) is 15.6. The second-order valence-corrected chi connectivity index (χ2v) is 7.63. The van der Waals surface area contributed by atoms with Crippen LogP contribution in [0.15, 0.2) is 24.3 Å². The van der Waals surface area contributed by atoms with Crippen LogP contribution in [-0.2, 0) is 4.79 Å². The van der Waals surface area contributed by atoms with Gasteiger partial charge < -0.3 is 20.3 Å². The molecule has 0 spiro atoms. The second-order valence-electron chi connectivity index (χ2n) is 7.63. The highest BCUT2D eigenvalue weighted by atomic mass is 16.5. The van der Waals surface area contributed by atoms with E-state index in [0.29, 0.717) is 11.8 Å². The minimum absolute atomic E-state index is 0.00593. The van der Waals surface area contributed by atoms with Gasteiger partial charge in [-0.1, -0.05) is 0 Å². The number of nitrogens with one attached hydrogen (secondary N) is 2. The van der Waals surface area contributed by atoms with Crippen molar-refractivity contribution in [3.05, 3.63) is 24.3 Å². The summed E-state index contributed by atoms with van der Waals surface area (Å²) in [7, 11) is 1.59. The molecule has 0 bridgehead atoms. The van der Waals surface area contributed by atoms with E-state index in [2.05, 4.69) is 10.6 Å². The summed E-state index contributed by atoms with van der Waals surface area (Å²) in [6.07, 6.45) is 5.00. The zero-order valence-electron chi connectivity index (χ0n) is 15.6. The van der Waals surface area contributed by atoms with Gasteiger partial charge in [0, 0.05) is 18.3 Å². The van der Waals surface area contributed by atoms with Crippen molar-refractivity contribution in [1.82, 2.24) is 10.2 Å². The highest BCUT2D eigenvalue weighted by molar-refractivity contribution is 5.92. The maximum absolute atomic E-state index is 12.2. The molecule has 1 aliphatic rings. The molecule has 3 amide bonds. The predicted octanol–water partition coefficient (Wildman–Crippen LogP) is 3.39. The topological polar surface area (TPSA) is 70.7 Å². The van der Waals surface area contributed by atoms with Crippen molar-refractivity contribution >= 4 is 17.6 Å². The normalized spacial score (nSPS) is 14.9. The third kappa shape index (κ3) is 6.64. The molecule has 1 fully saturated rings. The molecule has 2 N–H and O–H groups in total. The smallest absolute Gasteiger partial charge is 0.322 e. The Bertz CT molecular complexity index is 587. The Kier molecular flexibility index (Phi) is 6.28. The maximum atomic E-state index is 12.2. The summed E-state index contributed by atoms with van der Waals surface area (Å²) in [4.78, 5) is 25.4. The average Bonchev–Trinajstić information content (AvgIpc) is 3.00. The third-order valence-corrected chi connectivity index (χ3v) is 3.95. The highest BCUT2D eigenvalue weighted by Gasteiger charge is 2.18. The largest absolute Gasteiger partial charge is 0.490 e. The van der Waals surface area contributed by atoms with Crippen LogP contribution in [0.3, 0.4) is 0 Å². The molecule has 0 atom stereocenters. The molecule has 0 saturated heterocycles. The molecule has 0 aromatic heterocycles. The average molecular weight is 347 g/mol. The van der Waals surface area contributed by atoms with Crippen LogP contribution in [0.25, 0.3) is 0 Å². The molecule has 1 aliphatic carbocycles. The van der Waals surface area contributed by atoms with Gasteiger partial charge in [-0.2, -0.15) is 0 Å². The fraction of sp³-hybridized carbons (Fsp3) is 0.579. The van der Waals surface area contributed by atoms with E-state index in [0.717, 1.165) is 18.6 Å². The van der Waals surface area contributed by atoms with Crippen molar-refractivity contribution in [1.29, 1.82) is 0 Å². The van der Waals surface area contributed by atoms with Crippen LogP contribution >= 0.6 is 0 Å². The minimum Gasteiger partial charge on any atom is -0.490 e. The van der Waals surface area contributed by atoms with E-state index in [1.165, 1.54) is 17.7 Å². The number of ether oxygens (including phenoxy) is 1. The molecular weight excluding hydrogens is 318 g/mol. The standard InChI is InChI=1S/C19H29N3O3/c1-19(2,3)21-17(23)13-22(4)18(24)20-14-9-11-16(12-10-14)25-15-7-5-6-8-15/h9-12,15H,5-8,13H2,1-4H3,(H,20,24)(H,21,23). The summed E-state index contributed by atoms with van der Waals surface area (Å²) >= 11 is 0. The van der Waals surface area contributed by atoms with Crippen LogP contribution < -0.4 is 15.4 Å². The highest BCUT2D eigenvalue weighted by Crippen LogP contribution is 2.25. The molecule has 0 radical (unpaired) electrons. The Balaban J connectivity index is 1.81. The number of rotatable bonds is 5. The number of urea groups is 1. The number of hydrogen-bond acceptors (Lipinski definition) is 3. The number of nitrogens with zero attached hydrogens (tertiary/aromatic N) is 1. The van der Waals surface area contributed by atoms with E-state index < -0.39 is 0 Å². The van der Waals surface area contributed by atoms with Gasteiger partial charge in [0.2, 0.25) is 5.91 Å². The summed E-state index contributed by atoms with van der Waals surface area (Å²) in [5.74, 6) is 0.633. The lowest BCUT2D eigenvalue weighted by Crippen LogP contribution is -2.47. The quantitative estimate of drug-likeness (QED) is 0.858. The van der Waals surface area contributed by atoms with Crippen LogP contribution in [0.5, 0.6) is 5.75 Å². The van der Waals surface area contributed by atoms with Crippen LogP contribution in [0.4, 0.5) is 10.5 Å². The number of hydrogen-bond donors (Lipinski definition) is 2. The summed E-state index contributed by atoms with van der Waals surface area (Å²) < 4.78 is 5.91. The van der Waals surface area contributed by atoms with Crippen molar-refractivity contribution in [3.8, 4) is 5.75 Å². The van der Waals surface area contributed by atoms with Gasteiger partial charge in [-0.3, -0.25) is 4.79 Å². The summed E-state index contributed by atoms with van der Waals surface area (Å²) in [6.45, 7) is 5.71. The zero-order chi connectivity index (χ0) is 18.4. The molecule has 0 aliphatic heterocycles. The molecule has 1 saturated carbocycles. The Morgan fingerprint density at radius 2 is 1.76 bits per heavy atom. The number of likely N-dealkylation sites (N-methyl/N-ethyl adjacent to an activating group) is 1. The van der Waals surface area contributed by atoms with Gasteiger partial charge in [-0.05, 0) is 70.7 Å². The van der Waals surface area contributed by atoms with E-state index in [1.807, 2.05) is 45.0 Å². The van der Waals surface area contributed by atoms with Crippen molar-refractivity contribution in [2.24, 2.45) is 0 Å². The summed E-state index contributed by atoms with van der Waals surface area (Å²) in [5.41, 5.74) is 0.357. The Morgan fingerprint density at radius 3 is 2.32 bits per heavy atom. The summed E-state index contributed by atoms with van der Waals surface area (Å²) in [6, 6.07) is 7.02. The molecule has 25 heavy (non-hydrogen) atoms. The van der Waals surface area contributed by atoms with Gasteiger partial charge in [0.25, 0.3) is 0 Å². The van der Waals surface area contributed by atoms with Crippen molar-refractivity contribution < 1.29 is 14.3 Å². The molecular formula is C19H29N3O3. The number of amides is 3. The first kappa shape index (κ1) is 19.1. The monoisotopic (exact) mass is 347 g/mol. The first-order valence-corrected chi connectivity index (χ1v) is 8.83. The van der Waals surface area contributed by atoms with Crippen molar-refractivity contribution in [2.45, 2.75) is 58.1 Å². The van der Waals surface area contributed by atoms with Crippen LogP contribution in [0.1, 0.15) is 46.5 Å². The number of carbonyl (C=O) groups is 2. The molecule has 0 unspecified atom stereocenters. The molecule has 6 heteroatoms. The lowest BCUT2D eigenvalue weighted by molar-refractivity contribution is -0.122. The van der Waals surface area contributed by atoms with Crippen molar-refractivity contribution in [3.63, 3.8) is 0 Å². The second kappa shape index (κ2) is 8.23. The SMILES string of the molecule is CN(CC(=O)NC(C)(C)C)C(=O)Nc1ccc(OC2CCCC2)cc1. The van der Waals surface area contributed by atoms with Crippen molar-refractivity contribution in [2.75, 3.05) is 18.9 Å². The Morgan fingerprint density at radius 1 is 1.16 bits per heavy atom. The van der Waals surface area contributed by atoms with Crippen LogP contribution in [0, 0.1) is 0 Å². The molecule has 6 nitrogen and oxygen atoms in total. The molecule has 1 aromatic carbocycles. The van der Waals surface area contributed by atoms with Gasteiger partial charge in [0.15, 0.2) is 0 Å². The van der Waals surface area contributed by atoms with E-state index in [1.54, 1.807) is 7.05 Å². The van der Waals surface area contributed by atoms with Crippen LogP contribution in [-0.4, -0.2) is 42.1 Å². The Hall–Kier alpha value is -2.24. The number of anilines is 1. The van der Waals surface area contributed by atoms with Gasteiger partial charge >= 0.3 is 6.03 Å². The predicted molar refractivity (Wildman–Crippen MR) is 98.9 cm³/mol. The van der Waals surface area contributed by atoms with E-state index in [4.69, 9.17) is 4.74 Å². The number of benzene rings is 1. The van der Waals surface area contributed by atoms with Gasteiger partial charge in [0.1, 0.15) is 12.3 Å². The van der Waals surface area contributed by atoms with Gasteiger partial charge in [0.05, 0.1) is 6.10 Å². The lowest BCUT2D eigenvalue weighted by Gasteiger charge is -2.23. The molecule has 138 valence electrons. The molecule has 0 heterocycles. The van der Waals surface area contributed by atoms with Crippen LogP contribution in [0.2, 0.25) is 0 Å². The minimum atomic E-state index is -0.325. The molecule has 2 rings (SSSR count). The van der Waals surface area contributed by atoms with E-state index in [-0.39, 0.29) is 24.0 Å². The fourth-order valence-corrected chi connectivity index (χ4v) is 2.78. The Labute approximate surface area is 149 Å². The van der Waals surface area contributed by atoms with Gasteiger partial charge in [-0.15, -0.1) is 0 Å². The molecule has 1 aromatic rings. The number of carbonyl (C=O) groups excluding carboxylic acids is 2. The summed E-state index contributed by atoms with van der Waals surface area (Å²) in [5, 5.41) is 5.62. The fourth-order valence-electron chi connectivity index (χ4n) is 2.78. The maximum Gasteiger partial charge on any atom is 0.322 e. The van der Waals surface area contributed by atoms with E-state index >= 15 is 0 Å². The third-order valence-electron chi connectivity index (χ3n) is 3.95. The lowest BCUT2D eigenvalue weighted by atomic mass is 10.1.